The van der Waals surface area contributed by atoms with Crippen LogP contribution in [0.1, 0.15) is 27.2 Å². The third-order valence-electron chi connectivity index (χ3n) is 3.83. The predicted octanol–water partition coefficient (Wildman–Crippen LogP) is 1.08. The van der Waals surface area contributed by atoms with E-state index in [1.807, 2.05) is 32.5 Å². The molecule has 148 valence electrons. The second kappa shape index (κ2) is 12.0. The molecular weight excluding hydrogens is 360 g/mol. The Morgan fingerprint density at radius 1 is 1.28 bits per heavy atom. The third-order valence-corrected chi connectivity index (χ3v) is 6.36. The van der Waals surface area contributed by atoms with Gasteiger partial charge in [-0.3, -0.25) is 4.99 Å². The van der Waals surface area contributed by atoms with Gasteiger partial charge in [0.25, 0.3) is 0 Å². The molecule has 1 saturated heterocycles. The molecule has 1 aliphatic rings. The summed E-state index contributed by atoms with van der Waals surface area (Å²) in [4.78, 5) is 6.81. The van der Waals surface area contributed by atoms with E-state index in [4.69, 9.17) is 4.74 Å². The zero-order valence-corrected chi connectivity index (χ0v) is 17.7. The Balaban J connectivity index is 2.51. The number of guanidine groups is 1. The molecule has 0 aromatic carbocycles. The first-order valence-corrected chi connectivity index (χ1v) is 12.0. The van der Waals surface area contributed by atoms with Gasteiger partial charge in [0.1, 0.15) is 0 Å². The number of nitrogens with one attached hydrogen (secondary N) is 1. The highest BCUT2D eigenvalue weighted by Crippen LogP contribution is 2.09. The lowest BCUT2D eigenvalue weighted by molar-refractivity contribution is 0.0904. The van der Waals surface area contributed by atoms with Crippen molar-refractivity contribution < 1.29 is 13.2 Å². The van der Waals surface area contributed by atoms with Gasteiger partial charge in [0, 0.05) is 39.3 Å². The van der Waals surface area contributed by atoms with Gasteiger partial charge in [0.15, 0.2) is 5.96 Å². The molecule has 0 aromatic rings. The van der Waals surface area contributed by atoms with Crippen molar-refractivity contribution in [1.29, 1.82) is 0 Å². The van der Waals surface area contributed by atoms with Crippen LogP contribution in [0.25, 0.3) is 0 Å². The summed E-state index contributed by atoms with van der Waals surface area (Å²) in [6, 6.07) is 0. The normalized spacial score (nSPS) is 17.3. The van der Waals surface area contributed by atoms with Gasteiger partial charge in [-0.1, -0.05) is 0 Å². The summed E-state index contributed by atoms with van der Waals surface area (Å²) in [6.45, 7) is 10.1. The summed E-state index contributed by atoms with van der Waals surface area (Å²) < 4.78 is 31.7. The Morgan fingerprint density at radius 2 is 1.96 bits per heavy atom. The highest BCUT2D eigenvalue weighted by Gasteiger charge is 2.27. The van der Waals surface area contributed by atoms with Gasteiger partial charge >= 0.3 is 0 Å². The summed E-state index contributed by atoms with van der Waals surface area (Å²) >= 11 is 1.83. The Hall–Kier alpha value is -0.510. The number of hydrogen-bond donors (Lipinski definition) is 1. The van der Waals surface area contributed by atoms with Crippen LogP contribution in [-0.4, -0.2) is 93.3 Å². The number of ether oxygens (including phenoxy) is 1. The molecule has 1 heterocycles. The van der Waals surface area contributed by atoms with Crippen molar-refractivity contribution >= 4 is 27.7 Å². The summed E-state index contributed by atoms with van der Waals surface area (Å²) in [5.74, 6) is 2.05. The van der Waals surface area contributed by atoms with Gasteiger partial charge in [-0.15, -0.1) is 0 Å². The maximum absolute atomic E-state index is 12.4. The molecule has 1 fully saturated rings. The minimum atomic E-state index is -3.25. The number of sulfonamides is 1. The SMILES string of the molecule is CCNC(=NCCCSC)N1CCN(S(=O)(=O)CCOC(C)C)CC1. The van der Waals surface area contributed by atoms with Gasteiger partial charge in [-0.25, -0.2) is 8.42 Å². The van der Waals surface area contributed by atoms with Crippen LogP contribution in [0.4, 0.5) is 0 Å². The van der Waals surface area contributed by atoms with Crippen LogP contribution in [0.15, 0.2) is 4.99 Å². The fourth-order valence-electron chi connectivity index (χ4n) is 2.52. The van der Waals surface area contributed by atoms with E-state index in [0.717, 1.165) is 31.2 Å². The van der Waals surface area contributed by atoms with Crippen molar-refractivity contribution in [2.24, 2.45) is 4.99 Å². The molecule has 0 aromatic heterocycles. The van der Waals surface area contributed by atoms with E-state index >= 15 is 0 Å². The molecule has 9 heteroatoms. The third kappa shape index (κ3) is 8.61. The Morgan fingerprint density at radius 3 is 2.52 bits per heavy atom. The molecule has 1 rings (SSSR count). The Kier molecular flexibility index (Phi) is 10.8. The molecule has 7 nitrogen and oxygen atoms in total. The fraction of sp³-hybridized carbons (Fsp3) is 0.938. The van der Waals surface area contributed by atoms with E-state index in [1.165, 1.54) is 0 Å². The van der Waals surface area contributed by atoms with E-state index in [0.29, 0.717) is 26.2 Å². The first-order valence-electron chi connectivity index (χ1n) is 9.02. The quantitative estimate of drug-likeness (QED) is 0.339. The van der Waals surface area contributed by atoms with E-state index in [1.54, 1.807) is 4.31 Å². The largest absolute Gasteiger partial charge is 0.378 e. The standard InChI is InChI=1S/C16H34N4O3S2/c1-5-17-16(18-7-6-13-24-4)19-8-10-20(11-9-19)25(21,22)14-12-23-15(2)3/h15H,5-14H2,1-4H3,(H,17,18). The molecule has 0 spiro atoms. The highest BCUT2D eigenvalue weighted by molar-refractivity contribution is 7.98. The van der Waals surface area contributed by atoms with Crippen molar-refractivity contribution in [2.45, 2.75) is 33.3 Å². The lowest BCUT2D eigenvalue weighted by atomic mass is 10.4. The number of aliphatic imine (C=N–C) groups is 1. The number of thioether (sulfide) groups is 1. The van der Waals surface area contributed by atoms with Gasteiger partial charge in [-0.05, 0) is 39.2 Å². The summed E-state index contributed by atoms with van der Waals surface area (Å²) in [7, 11) is -3.25. The van der Waals surface area contributed by atoms with Crippen LogP contribution in [-0.2, 0) is 14.8 Å². The molecule has 0 unspecified atom stereocenters. The van der Waals surface area contributed by atoms with Crippen LogP contribution in [0.3, 0.4) is 0 Å². The molecule has 0 aliphatic carbocycles. The molecule has 0 saturated carbocycles. The minimum absolute atomic E-state index is 0.0496. The van der Waals surface area contributed by atoms with Gasteiger partial charge < -0.3 is 15.0 Å². The predicted molar refractivity (Wildman–Crippen MR) is 107 cm³/mol. The maximum Gasteiger partial charge on any atom is 0.216 e. The molecule has 0 bridgehead atoms. The Labute approximate surface area is 157 Å². The number of nitrogens with zero attached hydrogens (tertiary/aromatic N) is 3. The summed E-state index contributed by atoms with van der Waals surface area (Å²) in [5.41, 5.74) is 0. The first-order chi connectivity index (χ1) is 11.9. The monoisotopic (exact) mass is 394 g/mol. The molecule has 1 N–H and O–H groups in total. The van der Waals surface area contributed by atoms with Crippen molar-refractivity contribution in [1.82, 2.24) is 14.5 Å². The van der Waals surface area contributed by atoms with E-state index < -0.39 is 10.0 Å². The average Bonchev–Trinajstić information content (AvgIpc) is 2.57. The number of piperazine rings is 1. The summed E-state index contributed by atoms with van der Waals surface area (Å²) in [5, 5.41) is 3.31. The van der Waals surface area contributed by atoms with E-state index in [2.05, 4.69) is 21.5 Å². The first kappa shape index (κ1) is 22.5. The van der Waals surface area contributed by atoms with E-state index in [-0.39, 0.29) is 18.5 Å². The van der Waals surface area contributed by atoms with Crippen LogP contribution < -0.4 is 5.32 Å². The smallest absolute Gasteiger partial charge is 0.216 e. The molecule has 0 radical (unpaired) electrons. The molecule has 1 aliphatic heterocycles. The second-order valence-electron chi connectivity index (χ2n) is 6.20. The van der Waals surface area contributed by atoms with Crippen molar-refractivity contribution in [3.8, 4) is 0 Å². The molecule has 0 atom stereocenters. The van der Waals surface area contributed by atoms with E-state index in [9.17, 15) is 8.42 Å². The number of rotatable bonds is 10. The van der Waals surface area contributed by atoms with Gasteiger partial charge in [0.05, 0.1) is 18.5 Å². The van der Waals surface area contributed by atoms with Crippen LogP contribution in [0, 0.1) is 0 Å². The molecule has 25 heavy (non-hydrogen) atoms. The van der Waals surface area contributed by atoms with Gasteiger partial charge in [0.2, 0.25) is 10.0 Å². The molecular formula is C16H34N4O3S2. The van der Waals surface area contributed by atoms with Gasteiger partial charge in [-0.2, -0.15) is 16.1 Å². The fourth-order valence-corrected chi connectivity index (χ4v) is 4.22. The van der Waals surface area contributed by atoms with Crippen molar-refractivity contribution in [3.63, 3.8) is 0 Å². The minimum Gasteiger partial charge on any atom is -0.378 e. The second-order valence-corrected chi connectivity index (χ2v) is 9.28. The maximum atomic E-state index is 12.4. The average molecular weight is 395 g/mol. The van der Waals surface area contributed by atoms with Crippen molar-refractivity contribution in [3.05, 3.63) is 0 Å². The summed E-state index contributed by atoms with van der Waals surface area (Å²) in [6.07, 6.45) is 3.21. The lowest BCUT2D eigenvalue weighted by Gasteiger charge is -2.36. The number of hydrogen-bond acceptors (Lipinski definition) is 5. The molecule has 0 amide bonds. The zero-order chi connectivity index (χ0) is 18.7. The lowest BCUT2D eigenvalue weighted by Crippen LogP contribution is -2.54. The highest BCUT2D eigenvalue weighted by atomic mass is 32.2. The van der Waals surface area contributed by atoms with Crippen LogP contribution in [0.5, 0.6) is 0 Å². The topological polar surface area (TPSA) is 74.2 Å². The van der Waals surface area contributed by atoms with Crippen LogP contribution >= 0.6 is 11.8 Å². The Bertz CT molecular complexity index is 490. The zero-order valence-electron chi connectivity index (χ0n) is 16.0. The van der Waals surface area contributed by atoms with Crippen LogP contribution in [0.2, 0.25) is 0 Å². The van der Waals surface area contributed by atoms with Crippen molar-refractivity contribution in [2.75, 3.05) is 63.6 Å².